The maximum absolute atomic E-state index is 11.8. The van der Waals surface area contributed by atoms with Gasteiger partial charge >= 0.3 is 17.9 Å². The minimum absolute atomic E-state index is 0.142. The van der Waals surface area contributed by atoms with Crippen molar-refractivity contribution in [1.82, 2.24) is 5.32 Å². The van der Waals surface area contributed by atoms with Gasteiger partial charge in [-0.25, -0.2) is 0 Å². The topological polar surface area (TPSA) is 175 Å². The quantitative estimate of drug-likeness (QED) is 0.114. The van der Waals surface area contributed by atoms with Crippen molar-refractivity contribution in [3.63, 3.8) is 0 Å². The number of azide groups is 1. The molecule has 0 aromatic rings. The van der Waals surface area contributed by atoms with Crippen LogP contribution in [0.5, 0.6) is 0 Å². The van der Waals surface area contributed by atoms with Gasteiger partial charge in [0.2, 0.25) is 5.91 Å². The van der Waals surface area contributed by atoms with Gasteiger partial charge in [-0.2, -0.15) is 0 Å². The number of hydrogen-bond donors (Lipinski definition) is 1. The van der Waals surface area contributed by atoms with Crippen molar-refractivity contribution in [2.45, 2.75) is 97.0 Å². The molecule has 0 aromatic heterocycles. The lowest BCUT2D eigenvalue weighted by molar-refractivity contribution is -0.269. The van der Waals surface area contributed by atoms with E-state index in [0.29, 0.717) is 12.8 Å². The van der Waals surface area contributed by atoms with Crippen LogP contribution in [0.2, 0.25) is 0 Å². The Morgan fingerprint density at radius 1 is 1.03 bits per heavy atom. The van der Waals surface area contributed by atoms with E-state index in [0.717, 1.165) is 6.92 Å². The lowest BCUT2D eigenvalue weighted by Crippen LogP contribution is -2.66. The van der Waals surface area contributed by atoms with Gasteiger partial charge in [-0.3, -0.25) is 19.2 Å². The molecule has 0 radical (unpaired) electrons. The van der Waals surface area contributed by atoms with Crippen LogP contribution in [0.3, 0.4) is 0 Å². The third kappa shape index (κ3) is 10.8. The fourth-order valence-electron chi connectivity index (χ4n) is 3.33. The SMILES string of the molecule is CC(=O)N[C@H]1C(OC(C)=O)[C@@H](OC(C)=O)C(CN=[N+]=[N-])O[C@H]1OCCCCC(=O)OC(C)(C)C. The van der Waals surface area contributed by atoms with Gasteiger partial charge in [0, 0.05) is 38.7 Å². The van der Waals surface area contributed by atoms with Crippen LogP contribution in [0.25, 0.3) is 10.4 Å². The summed E-state index contributed by atoms with van der Waals surface area (Å²) in [6.07, 6.45) is -3.27. The Bertz CT molecular complexity index is 777. The molecule has 1 heterocycles. The zero-order valence-electron chi connectivity index (χ0n) is 20.4. The van der Waals surface area contributed by atoms with Crippen LogP contribution in [0, 0.1) is 0 Å². The number of ether oxygens (including phenoxy) is 5. The first-order valence-electron chi connectivity index (χ1n) is 11.0. The number of esters is 3. The molecule has 1 fully saturated rings. The minimum Gasteiger partial charge on any atom is -0.460 e. The van der Waals surface area contributed by atoms with Crippen molar-refractivity contribution in [2.24, 2.45) is 5.11 Å². The lowest BCUT2D eigenvalue weighted by atomic mass is 9.95. The number of carbonyl (C=O) groups is 4. The fraction of sp³-hybridized carbons (Fsp3) is 0.810. The molecule has 192 valence electrons. The van der Waals surface area contributed by atoms with Gasteiger partial charge in [-0.15, -0.1) is 0 Å². The highest BCUT2D eigenvalue weighted by Gasteiger charge is 2.50. The van der Waals surface area contributed by atoms with E-state index < -0.39 is 54.1 Å². The Morgan fingerprint density at radius 3 is 2.18 bits per heavy atom. The first-order valence-corrected chi connectivity index (χ1v) is 11.0. The van der Waals surface area contributed by atoms with Crippen LogP contribution in [-0.2, 0) is 42.9 Å². The number of unbranched alkanes of at least 4 members (excludes halogenated alkanes) is 1. The molecule has 13 nitrogen and oxygen atoms in total. The van der Waals surface area contributed by atoms with Crippen LogP contribution >= 0.6 is 0 Å². The molecular weight excluding hydrogens is 452 g/mol. The molecule has 0 spiro atoms. The largest absolute Gasteiger partial charge is 0.460 e. The Balaban J connectivity index is 2.96. The molecule has 1 saturated heterocycles. The normalized spacial score (nSPS) is 24.4. The van der Waals surface area contributed by atoms with Gasteiger partial charge < -0.3 is 29.0 Å². The molecule has 1 aliphatic rings. The van der Waals surface area contributed by atoms with Gasteiger partial charge in [0.25, 0.3) is 0 Å². The molecule has 1 amide bonds. The summed E-state index contributed by atoms with van der Waals surface area (Å²) >= 11 is 0. The van der Waals surface area contributed by atoms with Crippen molar-refractivity contribution in [3.05, 3.63) is 10.4 Å². The summed E-state index contributed by atoms with van der Waals surface area (Å²) in [5.41, 5.74) is 8.14. The number of rotatable bonds is 11. The number of nitrogens with one attached hydrogen (secondary N) is 1. The predicted molar refractivity (Wildman–Crippen MR) is 117 cm³/mol. The van der Waals surface area contributed by atoms with E-state index in [9.17, 15) is 19.2 Å². The van der Waals surface area contributed by atoms with Crippen LogP contribution in [0.15, 0.2) is 5.11 Å². The second-order valence-corrected chi connectivity index (χ2v) is 8.75. The van der Waals surface area contributed by atoms with Gasteiger partial charge in [0.15, 0.2) is 18.5 Å². The first-order chi connectivity index (χ1) is 15.8. The second-order valence-electron chi connectivity index (χ2n) is 8.75. The van der Waals surface area contributed by atoms with Gasteiger partial charge in [-0.05, 0) is 39.1 Å². The van der Waals surface area contributed by atoms with Crippen LogP contribution in [0.1, 0.15) is 60.8 Å². The average Bonchev–Trinajstić information content (AvgIpc) is 2.68. The average molecular weight is 487 g/mol. The molecule has 1 N–H and O–H groups in total. The summed E-state index contributed by atoms with van der Waals surface area (Å²) in [6, 6.07) is -1.01. The summed E-state index contributed by atoms with van der Waals surface area (Å²) < 4.78 is 27.6. The number of carbonyl (C=O) groups excluding carboxylic acids is 4. The van der Waals surface area contributed by atoms with E-state index in [4.69, 9.17) is 29.2 Å². The Labute approximate surface area is 198 Å². The Kier molecular flexibility index (Phi) is 11.8. The summed E-state index contributed by atoms with van der Waals surface area (Å²) in [6.45, 7) is 8.84. The number of hydrogen-bond acceptors (Lipinski definition) is 10. The summed E-state index contributed by atoms with van der Waals surface area (Å²) in [5, 5.41) is 6.09. The van der Waals surface area contributed by atoms with E-state index in [1.54, 1.807) is 20.8 Å². The molecule has 1 aliphatic heterocycles. The van der Waals surface area contributed by atoms with Crippen LogP contribution in [0.4, 0.5) is 0 Å². The third-order valence-corrected chi connectivity index (χ3v) is 4.42. The number of nitrogens with zero attached hydrogens (tertiary/aromatic N) is 3. The molecule has 0 bridgehead atoms. The van der Waals surface area contributed by atoms with Gasteiger partial charge in [-0.1, -0.05) is 5.11 Å². The van der Waals surface area contributed by atoms with E-state index in [1.165, 1.54) is 13.8 Å². The summed E-state index contributed by atoms with van der Waals surface area (Å²) in [4.78, 5) is 49.8. The van der Waals surface area contributed by atoms with Crippen molar-refractivity contribution >= 4 is 23.8 Å². The molecule has 34 heavy (non-hydrogen) atoms. The maximum atomic E-state index is 11.8. The van der Waals surface area contributed by atoms with Gasteiger partial charge in [0.05, 0.1) is 6.54 Å². The molecule has 0 aliphatic carbocycles. The zero-order chi connectivity index (χ0) is 25.9. The lowest BCUT2D eigenvalue weighted by Gasteiger charge is -2.45. The van der Waals surface area contributed by atoms with E-state index in [1.807, 2.05) is 0 Å². The molecule has 1 rings (SSSR count). The second kappa shape index (κ2) is 13.7. The van der Waals surface area contributed by atoms with E-state index >= 15 is 0 Å². The highest BCUT2D eigenvalue weighted by Crippen LogP contribution is 2.28. The minimum atomic E-state index is -1.16. The third-order valence-electron chi connectivity index (χ3n) is 4.42. The monoisotopic (exact) mass is 486 g/mol. The molecule has 2 unspecified atom stereocenters. The van der Waals surface area contributed by atoms with Crippen molar-refractivity contribution in [3.8, 4) is 0 Å². The van der Waals surface area contributed by atoms with E-state index in [2.05, 4.69) is 15.3 Å². The summed E-state index contributed by atoms with van der Waals surface area (Å²) in [5.74, 6) is -2.15. The fourth-order valence-corrected chi connectivity index (χ4v) is 3.33. The first kappa shape index (κ1) is 29.1. The molecule has 5 atom stereocenters. The molecule has 0 aromatic carbocycles. The van der Waals surface area contributed by atoms with Gasteiger partial charge in [0.1, 0.15) is 17.7 Å². The Morgan fingerprint density at radius 2 is 1.65 bits per heavy atom. The maximum Gasteiger partial charge on any atom is 0.306 e. The Hall–Kier alpha value is -2.89. The van der Waals surface area contributed by atoms with Crippen molar-refractivity contribution in [2.75, 3.05) is 13.2 Å². The van der Waals surface area contributed by atoms with E-state index in [-0.39, 0.29) is 25.5 Å². The molecule has 13 heteroatoms. The summed E-state index contributed by atoms with van der Waals surface area (Å²) in [7, 11) is 0. The highest BCUT2D eigenvalue weighted by molar-refractivity contribution is 5.73. The number of amides is 1. The van der Waals surface area contributed by atoms with Crippen LogP contribution < -0.4 is 5.32 Å². The van der Waals surface area contributed by atoms with Crippen molar-refractivity contribution in [1.29, 1.82) is 0 Å². The standard InChI is InChI=1S/C21H34N4O9/c1-12(26)24-17-19(32-14(3)28)18(31-13(2)27)15(11-23-25-22)33-20(17)30-10-8-7-9-16(29)34-21(4,5)6/h15,17-20H,7-11H2,1-6H3,(H,24,26)/t15?,17-,18-,19?,20+/m0/s1. The van der Waals surface area contributed by atoms with Crippen LogP contribution in [-0.4, -0.2) is 73.2 Å². The van der Waals surface area contributed by atoms with Crippen molar-refractivity contribution < 1.29 is 42.9 Å². The smallest absolute Gasteiger partial charge is 0.306 e. The predicted octanol–water partition coefficient (Wildman–Crippen LogP) is 1.92. The molecule has 0 saturated carbocycles. The molecular formula is C21H34N4O9. The zero-order valence-corrected chi connectivity index (χ0v) is 20.4. The highest BCUT2D eigenvalue weighted by atomic mass is 16.7.